The number of carbonyl (C=O) groups excluding carboxylic acids is 3. The minimum absolute atomic E-state index is 0.156. The predicted octanol–water partition coefficient (Wildman–Crippen LogP) is 2.43. The molecule has 1 atom stereocenters. The number of nitrogens with zero attached hydrogens (tertiary/aromatic N) is 1. The summed E-state index contributed by atoms with van der Waals surface area (Å²) in [7, 11) is 0. The molecule has 126 valence electrons. The molecule has 0 bridgehead atoms. The Kier molecular flexibility index (Phi) is 5.89. The molecule has 6 heteroatoms. The van der Waals surface area contributed by atoms with E-state index in [2.05, 4.69) is 5.32 Å². The summed E-state index contributed by atoms with van der Waals surface area (Å²) >= 11 is 0. The van der Waals surface area contributed by atoms with E-state index >= 15 is 0 Å². The van der Waals surface area contributed by atoms with Crippen LogP contribution in [-0.2, 0) is 19.1 Å². The maximum atomic E-state index is 12.5. The molecule has 6 nitrogen and oxygen atoms in total. The normalized spacial score (nSPS) is 17.5. The standard InChI is InChI=1S/C18H20N2O4/c1-3-4-5-10-18(23)24-12-17(22)20-13(2)11-16(21)19-14-8-6-7-9-15(14)20/h3-10,13H,11-12H2,1-2H3,(H,19,21)/b4-3+,10-5+/t13-/m0/s1. The van der Waals surface area contributed by atoms with Gasteiger partial charge in [0, 0.05) is 18.5 Å². The van der Waals surface area contributed by atoms with Crippen LogP contribution in [0.15, 0.2) is 48.6 Å². The van der Waals surface area contributed by atoms with Crippen LogP contribution in [0.3, 0.4) is 0 Å². The second-order valence-electron chi connectivity index (χ2n) is 5.37. The molecule has 1 aromatic rings. The average molecular weight is 328 g/mol. The Balaban J connectivity index is 2.12. The molecule has 0 spiro atoms. The molecule has 1 aromatic carbocycles. The first-order chi connectivity index (χ1) is 11.5. The lowest BCUT2D eigenvalue weighted by atomic mass is 10.1. The van der Waals surface area contributed by atoms with Crippen molar-refractivity contribution in [2.24, 2.45) is 0 Å². The molecule has 0 saturated carbocycles. The molecule has 1 N–H and O–H groups in total. The van der Waals surface area contributed by atoms with E-state index in [9.17, 15) is 14.4 Å². The van der Waals surface area contributed by atoms with E-state index in [0.29, 0.717) is 11.4 Å². The molecule has 1 aliphatic heterocycles. The lowest BCUT2D eigenvalue weighted by Gasteiger charge is -2.27. The molecule has 2 amide bonds. The fourth-order valence-corrected chi connectivity index (χ4v) is 2.46. The van der Waals surface area contributed by atoms with E-state index in [1.54, 1.807) is 49.4 Å². The van der Waals surface area contributed by atoms with Crippen molar-refractivity contribution in [2.75, 3.05) is 16.8 Å². The third-order valence-corrected chi connectivity index (χ3v) is 3.50. The van der Waals surface area contributed by atoms with Crippen molar-refractivity contribution in [3.8, 4) is 0 Å². The van der Waals surface area contributed by atoms with Gasteiger partial charge in [0.05, 0.1) is 11.4 Å². The third kappa shape index (κ3) is 4.32. The quantitative estimate of drug-likeness (QED) is 0.523. The lowest BCUT2D eigenvalue weighted by molar-refractivity contribution is -0.143. The second-order valence-corrected chi connectivity index (χ2v) is 5.37. The van der Waals surface area contributed by atoms with Crippen LogP contribution in [0.1, 0.15) is 20.3 Å². The van der Waals surface area contributed by atoms with Gasteiger partial charge in [-0.05, 0) is 26.0 Å². The van der Waals surface area contributed by atoms with Crippen molar-refractivity contribution in [2.45, 2.75) is 26.3 Å². The van der Waals surface area contributed by atoms with Gasteiger partial charge in [0.2, 0.25) is 5.91 Å². The van der Waals surface area contributed by atoms with E-state index in [-0.39, 0.29) is 30.9 Å². The van der Waals surface area contributed by atoms with Crippen molar-refractivity contribution in [1.29, 1.82) is 0 Å². The highest BCUT2D eigenvalue weighted by atomic mass is 16.5. The summed E-state index contributed by atoms with van der Waals surface area (Å²) in [6.07, 6.45) is 6.43. The smallest absolute Gasteiger partial charge is 0.331 e. The summed E-state index contributed by atoms with van der Waals surface area (Å²) < 4.78 is 4.98. The fraction of sp³-hybridized carbons (Fsp3) is 0.278. The number of hydrogen-bond acceptors (Lipinski definition) is 4. The molecule has 0 radical (unpaired) electrons. The van der Waals surface area contributed by atoms with E-state index < -0.39 is 5.97 Å². The number of amides is 2. The average Bonchev–Trinajstić information content (AvgIpc) is 2.67. The van der Waals surface area contributed by atoms with Gasteiger partial charge in [0.15, 0.2) is 6.61 Å². The van der Waals surface area contributed by atoms with Crippen LogP contribution in [0.5, 0.6) is 0 Å². The van der Waals surface area contributed by atoms with Gasteiger partial charge in [-0.2, -0.15) is 0 Å². The van der Waals surface area contributed by atoms with Crippen LogP contribution in [0.4, 0.5) is 11.4 Å². The van der Waals surface area contributed by atoms with Crippen LogP contribution in [0, 0.1) is 0 Å². The number of nitrogens with one attached hydrogen (secondary N) is 1. The zero-order chi connectivity index (χ0) is 17.5. The summed E-state index contributed by atoms with van der Waals surface area (Å²) in [6.45, 7) is 3.23. The van der Waals surface area contributed by atoms with Crippen LogP contribution in [0.25, 0.3) is 0 Å². The van der Waals surface area contributed by atoms with Crippen LogP contribution in [-0.4, -0.2) is 30.4 Å². The Bertz CT molecular complexity index is 694. The molecule has 1 aliphatic rings. The van der Waals surface area contributed by atoms with Gasteiger partial charge in [-0.25, -0.2) is 4.79 Å². The van der Waals surface area contributed by atoms with Crippen molar-refractivity contribution in [3.05, 3.63) is 48.6 Å². The molecule has 0 fully saturated rings. The summed E-state index contributed by atoms with van der Waals surface area (Å²) in [5.74, 6) is -1.12. The van der Waals surface area contributed by atoms with Gasteiger partial charge in [0.25, 0.3) is 5.91 Å². The van der Waals surface area contributed by atoms with Crippen molar-refractivity contribution in [3.63, 3.8) is 0 Å². The Morgan fingerprint density at radius 1 is 1.33 bits per heavy atom. The number of ether oxygens (including phenoxy) is 1. The summed E-state index contributed by atoms with van der Waals surface area (Å²) in [4.78, 5) is 37.5. The number of para-hydroxylation sites is 2. The van der Waals surface area contributed by atoms with Gasteiger partial charge in [-0.1, -0.05) is 30.4 Å². The SMILES string of the molecule is C/C=C/C=C/C(=O)OCC(=O)N1c2ccccc2NC(=O)C[C@@H]1C. The number of anilines is 2. The van der Waals surface area contributed by atoms with Gasteiger partial charge < -0.3 is 15.0 Å². The Labute approximate surface area is 140 Å². The molecular formula is C18H20N2O4. The minimum atomic E-state index is -0.591. The first-order valence-corrected chi connectivity index (χ1v) is 7.70. The molecule has 24 heavy (non-hydrogen) atoms. The van der Waals surface area contributed by atoms with Crippen molar-refractivity contribution >= 4 is 29.2 Å². The Hall–Kier alpha value is -2.89. The number of allylic oxidation sites excluding steroid dienone is 3. The van der Waals surface area contributed by atoms with Crippen LogP contribution < -0.4 is 10.2 Å². The third-order valence-electron chi connectivity index (χ3n) is 3.50. The van der Waals surface area contributed by atoms with E-state index in [4.69, 9.17) is 4.74 Å². The maximum Gasteiger partial charge on any atom is 0.331 e. The predicted molar refractivity (Wildman–Crippen MR) is 91.5 cm³/mol. The number of carbonyl (C=O) groups is 3. The Morgan fingerprint density at radius 3 is 2.83 bits per heavy atom. The van der Waals surface area contributed by atoms with E-state index in [1.807, 2.05) is 6.92 Å². The molecule has 0 aliphatic carbocycles. The van der Waals surface area contributed by atoms with E-state index in [0.717, 1.165) is 0 Å². The molecule has 0 aromatic heterocycles. The minimum Gasteiger partial charge on any atom is -0.452 e. The number of fused-ring (bicyclic) bond motifs is 1. The van der Waals surface area contributed by atoms with Gasteiger partial charge in [-0.15, -0.1) is 0 Å². The number of benzene rings is 1. The second kappa shape index (κ2) is 8.10. The van der Waals surface area contributed by atoms with Gasteiger partial charge in [-0.3, -0.25) is 9.59 Å². The van der Waals surface area contributed by atoms with Crippen LogP contribution in [0.2, 0.25) is 0 Å². The zero-order valence-electron chi connectivity index (χ0n) is 13.7. The van der Waals surface area contributed by atoms with Crippen molar-refractivity contribution < 1.29 is 19.1 Å². The summed E-state index contributed by atoms with van der Waals surface area (Å²) in [5, 5.41) is 2.78. The summed E-state index contributed by atoms with van der Waals surface area (Å²) in [5.41, 5.74) is 1.17. The number of hydrogen-bond donors (Lipinski definition) is 1. The summed E-state index contributed by atoms with van der Waals surface area (Å²) in [6, 6.07) is 6.72. The lowest BCUT2D eigenvalue weighted by Crippen LogP contribution is -2.41. The molecule has 1 heterocycles. The monoisotopic (exact) mass is 328 g/mol. The van der Waals surface area contributed by atoms with Gasteiger partial charge in [0.1, 0.15) is 0 Å². The Morgan fingerprint density at radius 2 is 2.08 bits per heavy atom. The van der Waals surface area contributed by atoms with Gasteiger partial charge >= 0.3 is 5.97 Å². The first-order valence-electron chi connectivity index (χ1n) is 7.70. The number of esters is 1. The number of rotatable bonds is 4. The zero-order valence-corrected chi connectivity index (χ0v) is 13.7. The molecule has 2 rings (SSSR count). The molecule has 0 saturated heterocycles. The largest absolute Gasteiger partial charge is 0.452 e. The fourth-order valence-electron chi connectivity index (χ4n) is 2.46. The highest BCUT2D eigenvalue weighted by molar-refractivity contribution is 6.05. The topological polar surface area (TPSA) is 75.7 Å². The van der Waals surface area contributed by atoms with Crippen molar-refractivity contribution in [1.82, 2.24) is 0 Å². The molecule has 0 unspecified atom stereocenters. The van der Waals surface area contributed by atoms with Crippen LogP contribution >= 0.6 is 0 Å². The maximum absolute atomic E-state index is 12.5. The first kappa shape index (κ1) is 17.5. The highest BCUT2D eigenvalue weighted by Crippen LogP contribution is 2.31. The highest BCUT2D eigenvalue weighted by Gasteiger charge is 2.29. The molecular weight excluding hydrogens is 308 g/mol. The van der Waals surface area contributed by atoms with E-state index in [1.165, 1.54) is 11.0 Å².